The number of halogens is 2. The lowest BCUT2D eigenvalue weighted by Gasteiger charge is -2.41. The molecule has 0 amide bonds. The largest absolute Gasteiger partial charge is 0.383 e. The number of nitrogens with zero attached hydrogens (tertiary/aromatic N) is 6. The monoisotopic (exact) mass is 642 g/mol. The molecule has 2 aliphatic heterocycles. The maximum Gasteiger partial charge on any atom is 0.263 e. The summed E-state index contributed by atoms with van der Waals surface area (Å²) in [6, 6.07) is 11.4. The van der Waals surface area contributed by atoms with Gasteiger partial charge in [0.2, 0.25) is 0 Å². The fourth-order valence-electron chi connectivity index (χ4n) is 5.92. The first-order valence-electron chi connectivity index (χ1n) is 13.7. The van der Waals surface area contributed by atoms with E-state index in [1.54, 1.807) is 24.3 Å². The number of piperidine rings is 2. The average molecular weight is 644 g/mol. The van der Waals surface area contributed by atoms with Crippen LogP contribution in [0.3, 0.4) is 0 Å². The molecule has 0 unspecified atom stereocenters. The fourth-order valence-corrected chi connectivity index (χ4v) is 7.99. The standard InChI is InChI=1S/C28H32BrFN8O2S/c1-36-12-8-19(9-13-36)37-14-10-20(11-15-37)38-28-25(27(31)32-17-33-28)26(34-38)18-6-7-23(22(30)16-18)35-41(39,40)24-5-3-2-4-21(24)29/h2-7,16-17,19-20,35H,8-15H2,1H3,(H2,31,32,33). The van der Waals surface area contributed by atoms with Crippen molar-refractivity contribution in [3.05, 3.63) is 59.1 Å². The number of hydrogen-bond acceptors (Lipinski definition) is 8. The topological polar surface area (TPSA) is 122 Å². The maximum absolute atomic E-state index is 15.3. The third kappa shape index (κ3) is 5.55. The van der Waals surface area contributed by atoms with Crippen LogP contribution in [0.2, 0.25) is 0 Å². The fraction of sp³-hybridized carbons (Fsp3) is 0.393. The molecule has 216 valence electrons. The Hall–Kier alpha value is -3.13. The zero-order chi connectivity index (χ0) is 28.7. The molecule has 2 fully saturated rings. The van der Waals surface area contributed by atoms with Crippen LogP contribution in [0.5, 0.6) is 0 Å². The third-order valence-corrected chi connectivity index (χ3v) is 10.6. The van der Waals surface area contributed by atoms with Gasteiger partial charge in [-0.25, -0.2) is 27.5 Å². The molecule has 4 heterocycles. The van der Waals surface area contributed by atoms with Crippen LogP contribution >= 0.6 is 15.9 Å². The van der Waals surface area contributed by atoms with E-state index in [2.05, 4.69) is 47.5 Å². The number of fused-ring (bicyclic) bond motifs is 1. The number of benzene rings is 2. The minimum atomic E-state index is -4.01. The Bertz CT molecular complexity index is 1680. The van der Waals surface area contributed by atoms with Crippen LogP contribution in [-0.4, -0.2) is 77.2 Å². The van der Waals surface area contributed by atoms with Gasteiger partial charge < -0.3 is 15.5 Å². The van der Waals surface area contributed by atoms with Crippen molar-refractivity contribution in [2.75, 3.05) is 43.7 Å². The van der Waals surface area contributed by atoms with Crippen molar-refractivity contribution in [3.63, 3.8) is 0 Å². The van der Waals surface area contributed by atoms with Crippen LogP contribution < -0.4 is 10.5 Å². The van der Waals surface area contributed by atoms with Crippen LogP contribution in [0.1, 0.15) is 31.7 Å². The molecule has 0 radical (unpaired) electrons. The van der Waals surface area contributed by atoms with E-state index in [1.807, 2.05) is 4.68 Å². The van der Waals surface area contributed by atoms with Gasteiger partial charge in [0.25, 0.3) is 10.0 Å². The quantitative estimate of drug-likeness (QED) is 0.315. The number of sulfonamides is 1. The van der Waals surface area contributed by atoms with Gasteiger partial charge in [0.15, 0.2) is 5.65 Å². The van der Waals surface area contributed by atoms with E-state index < -0.39 is 15.8 Å². The average Bonchev–Trinajstić information content (AvgIpc) is 3.36. The normalized spacial score (nSPS) is 18.2. The van der Waals surface area contributed by atoms with Gasteiger partial charge >= 0.3 is 0 Å². The van der Waals surface area contributed by atoms with Crippen molar-refractivity contribution in [1.29, 1.82) is 0 Å². The Labute approximate surface area is 246 Å². The Balaban J connectivity index is 1.27. The van der Waals surface area contributed by atoms with Gasteiger partial charge in [-0.15, -0.1) is 0 Å². The van der Waals surface area contributed by atoms with E-state index in [0.29, 0.717) is 32.8 Å². The van der Waals surface area contributed by atoms with E-state index in [1.165, 1.54) is 37.4 Å². The van der Waals surface area contributed by atoms with Crippen LogP contribution in [-0.2, 0) is 10.0 Å². The number of anilines is 2. The first-order valence-corrected chi connectivity index (χ1v) is 16.0. The number of rotatable bonds is 6. The van der Waals surface area contributed by atoms with E-state index in [4.69, 9.17) is 10.8 Å². The van der Waals surface area contributed by atoms with E-state index >= 15 is 4.39 Å². The van der Waals surface area contributed by atoms with Gasteiger partial charge in [-0.3, -0.25) is 4.72 Å². The number of nitrogens with one attached hydrogen (secondary N) is 1. The predicted molar refractivity (Wildman–Crippen MR) is 160 cm³/mol. The predicted octanol–water partition coefficient (Wildman–Crippen LogP) is 4.51. The number of nitrogens with two attached hydrogens (primary N) is 1. The highest BCUT2D eigenvalue weighted by atomic mass is 79.9. The summed E-state index contributed by atoms with van der Waals surface area (Å²) in [5, 5.41) is 5.45. The van der Waals surface area contributed by atoms with Crippen LogP contribution in [0, 0.1) is 5.82 Å². The van der Waals surface area contributed by atoms with Crippen molar-refractivity contribution in [1.82, 2.24) is 29.5 Å². The molecule has 0 atom stereocenters. The van der Waals surface area contributed by atoms with Crippen molar-refractivity contribution >= 4 is 48.5 Å². The van der Waals surface area contributed by atoms with Gasteiger partial charge in [-0.2, -0.15) is 5.10 Å². The van der Waals surface area contributed by atoms with E-state index in [9.17, 15) is 8.42 Å². The molecule has 2 aromatic carbocycles. The third-order valence-electron chi connectivity index (χ3n) is 8.18. The van der Waals surface area contributed by atoms with E-state index in [-0.39, 0.29) is 22.4 Å². The first-order chi connectivity index (χ1) is 19.7. The van der Waals surface area contributed by atoms with Crippen LogP contribution in [0.4, 0.5) is 15.9 Å². The van der Waals surface area contributed by atoms with Gasteiger partial charge in [0.05, 0.1) is 17.1 Å². The Morgan fingerprint density at radius 2 is 1.71 bits per heavy atom. The lowest BCUT2D eigenvalue weighted by atomic mass is 9.98. The first kappa shape index (κ1) is 28.0. The molecular formula is C28H32BrFN8O2S. The lowest BCUT2D eigenvalue weighted by Crippen LogP contribution is -2.47. The second kappa shape index (κ2) is 11.3. The maximum atomic E-state index is 15.3. The highest BCUT2D eigenvalue weighted by Gasteiger charge is 2.30. The summed E-state index contributed by atoms with van der Waals surface area (Å²) < 4.78 is 45.8. The summed E-state index contributed by atoms with van der Waals surface area (Å²) in [5.41, 5.74) is 7.66. The Morgan fingerprint density at radius 3 is 2.41 bits per heavy atom. The van der Waals surface area contributed by atoms with Crippen molar-refractivity contribution in [2.24, 2.45) is 0 Å². The summed E-state index contributed by atoms with van der Waals surface area (Å²) >= 11 is 3.24. The number of likely N-dealkylation sites (tertiary alicyclic amines) is 2. The SMILES string of the molecule is CN1CCC(N2CCC(n3nc(-c4ccc(NS(=O)(=O)c5ccccc5Br)c(F)c4)c4c(N)ncnc43)CC2)CC1. The summed E-state index contributed by atoms with van der Waals surface area (Å²) in [4.78, 5) is 13.7. The Kier molecular flexibility index (Phi) is 7.70. The van der Waals surface area contributed by atoms with Gasteiger partial charge in [-0.05, 0) is 86.0 Å². The molecule has 0 spiro atoms. The van der Waals surface area contributed by atoms with Gasteiger partial charge in [0, 0.05) is 29.2 Å². The molecule has 4 aromatic rings. The second-order valence-corrected chi connectivity index (χ2v) is 13.3. The molecule has 0 aliphatic carbocycles. The number of nitrogen functional groups attached to an aromatic ring is 1. The summed E-state index contributed by atoms with van der Waals surface area (Å²) in [7, 11) is -1.84. The zero-order valence-electron chi connectivity index (χ0n) is 22.7. The summed E-state index contributed by atoms with van der Waals surface area (Å²) in [5.74, 6) is -0.471. The smallest absolute Gasteiger partial charge is 0.263 e. The molecule has 0 saturated carbocycles. The highest BCUT2D eigenvalue weighted by Crippen LogP contribution is 2.36. The molecular weight excluding hydrogens is 611 g/mol. The molecule has 2 aliphatic rings. The van der Waals surface area contributed by atoms with Crippen molar-refractivity contribution in [2.45, 2.75) is 42.7 Å². The molecule has 6 rings (SSSR count). The van der Waals surface area contributed by atoms with Crippen molar-refractivity contribution < 1.29 is 12.8 Å². The number of hydrogen-bond donors (Lipinski definition) is 2. The highest BCUT2D eigenvalue weighted by molar-refractivity contribution is 9.10. The van der Waals surface area contributed by atoms with E-state index in [0.717, 1.165) is 39.0 Å². The summed E-state index contributed by atoms with van der Waals surface area (Å²) in [6.45, 7) is 4.23. The van der Waals surface area contributed by atoms with Crippen LogP contribution in [0.25, 0.3) is 22.3 Å². The van der Waals surface area contributed by atoms with Crippen molar-refractivity contribution in [3.8, 4) is 11.3 Å². The zero-order valence-corrected chi connectivity index (χ0v) is 25.1. The van der Waals surface area contributed by atoms with Gasteiger partial charge in [-0.1, -0.05) is 18.2 Å². The summed E-state index contributed by atoms with van der Waals surface area (Å²) in [6.07, 6.45) is 5.67. The molecule has 2 aromatic heterocycles. The molecule has 2 saturated heterocycles. The Morgan fingerprint density at radius 1 is 1.00 bits per heavy atom. The molecule has 41 heavy (non-hydrogen) atoms. The van der Waals surface area contributed by atoms with Crippen LogP contribution in [0.15, 0.2) is 58.2 Å². The van der Waals surface area contributed by atoms with Gasteiger partial charge in [0.1, 0.15) is 28.6 Å². The minimum Gasteiger partial charge on any atom is -0.383 e. The number of aromatic nitrogens is 4. The molecule has 10 nitrogen and oxygen atoms in total. The minimum absolute atomic E-state index is 0.0139. The lowest BCUT2D eigenvalue weighted by molar-refractivity contribution is 0.0859. The molecule has 0 bridgehead atoms. The molecule has 3 N–H and O–H groups in total. The molecule has 13 heteroatoms. The second-order valence-electron chi connectivity index (χ2n) is 10.8.